The minimum absolute atomic E-state index is 0.127. The quantitative estimate of drug-likeness (QED) is 0.649. The van der Waals surface area contributed by atoms with E-state index in [9.17, 15) is 18.0 Å². The van der Waals surface area contributed by atoms with Crippen molar-refractivity contribution in [1.82, 2.24) is 9.55 Å². The summed E-state index contributed by atoms with van der Waals surface area (Å²) >= 11 is 0. The van der Waals surface area contributed by atoms with Crippen molar-refractivity contribution in [2.75, 3.05) is 24.3 Å². The molecule has 0 saturated carbocycles. The SMILES string of the molecule is CN(C)c1ccc(S(N)(=O)=O)cc1NC(=O)Cn1cnc2ccccc2c1=O. The Kier molecular flexibility index (Phi) is 5.16. The van der Waals surface area contributed by atoms with E-state index in [4.69, 9.17) is 5.14 Å². The molecule has 0 spiro atoms. The number of hydrogen-bond donors (Lipinski definition) is 2. The van der Waals surface area contributed by atoms with Crippen LogP contribution in [0.5, 0.6) is 0 Å². The number of carbonyl (C=O) groups excluding carboxylic acids is 1. The molecule has 0 unspecified atom stereocenters. The van der Waals surface area contributed by atoms with Crippen molar-refractivity contribution >= 4 is 38.2 Å². The molecule has 0 bridgehead atoms. The van der Waals surface area contributed by atoms with Gasteiger partial charge in [0.2, 0.25) is 15.9 Å². The summed E-state index contributed by atoms with van der Waals surface area (Å²) in [5.74, 6) is -0.506. The van der Waals surface area contributed by atoms with Crippen LogP contribution in [0.2, 0.25) is 0 Å². The van der Waals surface area contributed by atoms with Gasteiger partial charge in [0.05, 0.1) is 33.5 Å². The molecule has 28 heavy (non-hydrogen) atoms. The Hall–Kier alpha value is -3.24. The summed E-state index contributed by atoms with van der Waals surface area (Å²) in [6, 6.07) is 11.0. The number of fused-ring (bicyclic) bond motifs is 1. The Morgan fingerprint density at radius 1 is 1.21 bits per heavy atom. The van der Waals surface area contributed by atoms with Crippen molar-refractivity contribution in [3.63, 3.8) is 0 Å². The first-order chi connectivity index (χ1) is 13.2. The average molecular weight is 401 g/mol. The Morgan fingerprint density at radius 2 is 1.93 bits per heavy atom. The summed E-state index contributed by atoms with van der Waals surface area (Å²) < 4.78 is 24.4. The molecule has 10 heteroatoms. The molecule has 9 nitrogen and oxygen atoms in total. The predicted molar refractivity (Wildman–Crippen MR) is 107 cm³/mol. The fourth-order valence-corrected chi connectivity index (χ4v) is 3.29. The molecule has 1 aromatic heterocycles. The first-order valence-electron chi connectivity index (χ1n) is 8.25. The van der Waals surface area contributed by atoms with E-state index in [1.807, 2.05) is 0 Å². The van der Waals surface area contributed by atoms with E-state index in [-0.39, 0.29) is 22.7 Å². The number of carbonyl (C=O) groups is 1. The van der Waals surface area contributed by atoms with Crippen molar-refractivity contribution in [2.45, 2.75) is 11.4 Å². The van der Waals surface area contributed by atoms with Crippen LogP contribution in [-0.2, 0) is 21.4 Å². The van der Waals surface area contributed by atoms with Gasteiger partial charge in [-0.2, -0.15) is 0 Å². The molecule has 0 aliphatic carbocycles. The molecule has 0 fully saturated rings. The van der Waals surface area contributed by atoms with Gasteiger partial charge in [0.25, 0.3) is 5.56 Å². The second-order valence-corrected chi connectivity index (χ2v) is 7.92. The zero-order valence-electron chi connectivity index (χ0n) is 15.3. The van der Waals surface area contributed by atoms with Crippen LogP contribution < -0.4 is 20.9 Å². The maximum absolute atomic E-state index is 12.5. The number of sulfonamides is 1. The molecule has 0 atom stereocenters. The second-order valence-electron chi connectivity index (χ2n) is 6.36. The summed E-state index contributed by atoms with van der Waals surface area (Å²) in [7, 11) is -0.430. The zero-order valence-corrected chi connectivity index (χ0v) is 16.1. The number of rotatable bonds is 5. The van der Waals surface area contributed by atoms with E-state index in [0.717, 1.165) is 0 Å². The number of primary sulfonamides is 1. The molecule has 0 saturated heterocycles. The minimum Gasteiger partial charge on any atom is -0.376 e. The highest BCUT2D eigenvalue weighted by atomic mass is 32.2. The van der Waals surface area contributed by atoms with Gasteiger partial charge in [-0.05, 0) is 30.3 Å². The zero-order chi connectivity index (χ0) is 20.5. The highest BCUT2D eigenvalue weighted by Crippen LogP contribution is 2.27. The number of anilines is 2. The highest BCUT2D eigenvalue weighted by molar-refractivity contribution is 7.89. The number of nitrogens with two attached hydrogens (primary N) is 1. The van der Waals surface area contributed by atoms with Gasteiger partial charge in [-0.15, -0.1) is 0 Å². The maximum atomic E-state index is 12.5. The normalized spacial score (nSPS) is 11.4. The predicted octanol–water partition coefficient (Wildman–Crippen LogP) is 0.749. The lowest BCUT2D eigenvalue weighted by Crippen LogP contribution is -2.28. The summed E-state index contributed by atoms with van der Waals surface area (Å²) in [4.78, 5) is 30.8. The number of amides is 1. The second kappa shape index (κ2) is 7.41. The number of aromatic nitrogens is 2. The fraction of sp³-hybridized carbons (Fsp3) is 0.167. The summed E-state index contributed by atoms with van der Waals surface area (Å²) in [6.45, 7) is -0.275. The van der Waals surface area contributed by atoms with Crippen molar-refractivity contribution in [1.29, 1.82) is 0 Å². The van der Waals surface area contributed by atoms with Gasteiger partial charge in [-0.3, -0.25) is 14.2 Å². The van der Waals surface area contributed by atoms with Gasteiger partial charge in [0.15, 0.2) is 0 Å². The van der Waals surface area contributed by atoms with E-state index < -0.39 is 15.9 Å². The first-order valence-corrected chi connectivity index (χ1v) is 9.79. The van der Waals surface area contributed by atoms with Gasteiger partial charge in [-0.25, -0.2) is 18.5 Å². The standard InChI is InChI=1S/C18H19N5O4S/c1-22(2)16-8-7-12(28(19,26)27)9-15(16)21-17(24)10-23-11-20-14-6-4-3-5-13(14)18(23)25/h3-9,11H,10H2,1-2H3,(H,21,24)(H2,19,26,27). The number of nitrogens with one attached hydrogen (secondary N) is 1. The summed E-state index contributed by atoms with van der Waals surface area (Å²) in [5, 5.41) is 8.22. The molecule has 0 aliphatic rings. The molecule has 1 amide bonds. The Bertz CT molecular complexity index is 1220. The van der Waals surface area contributed by atoms with Gasteiger partial charge in [0, 0.05) is 14.1 Å². The Labute approximate surface area is 161 Å². The van der Waals surface area contributed by atoms with Crippen LogP contribution in [0.25, 0.3) is 10.9 Å². The lowest BCUT2D eigenvalue weighted by Gasteiger charge is -2.19. The van der Waals surface area contributed by atoms with Crippen LogP contribution in [0.15, 0.2) is 58.5 Å². The van der Waals surface area contributed by atoms with Crippen molar-refractivity contribution in [2.24, 2.45) is 5.14 Å². The molecule has 1 heterocycles. The monoisotopic (exact) mass is 401 g/mol. The molecule has 0 radical (unpaired) electrons. The van der Waals surface area contributed by atoms with E-state index >= 15 is 0 Å². The molecular formula is C18H19N5O4S. The lowest BCUT2D eigenvalue weighted by atomic mass is 10.2. The van der Waals surface area contributed by atoms with Gasteiger partial charge in [0.1, 0.15) is 6.54 Å². The topological polar surface area (TPSA) is 127 Å². The molecule has 3 rings (SSSR count). The fourth-order valence-electron chi connectivity index (χ4n) is 2.75. The number of hydrogen-bond acceptors (Lipinski definition) is 6. The molecule has 3 aromatic rings. The van der Waals surface area contributed by atoms with E-state index in [0.29, 0.717) is 16.6 Å². The third-order valence-electron chi connectivity index (χ3n) is 4.10. The van der Waals surface area contributed by atoms with E-state index in [2.05, 4.69) is 10.3 Å². The summed E-state index contributed by atoms with van der Waals surface area (Å²) in [6.07, 6.45) is 1.30. The smallest absolute Gasteiger partial charge is 0.261 e. The van der Waals surface area contributed by atoms with Crippen LogP contribution in [-0.4, -0.2) is 38.0 Å². The number of benzene rings is 2. The number of para-hydroxylation sites is 1. The maximum Gasteiger partial charge on any atom is 0.261 e. The Balaban J connectivity index is 1.91. The van der Waals surface area contributed by atoms with E-state index in [1.54, 1.807) is 49.3 Å². The molecular weight excluding hydrogens is 382 g/mol. The van der Waals surface area contributed by atoms with Crippen LogP contribution in [0.3, 0.4) is 0 Å². The van der Waals surface area contributed by atoms with Crippen molar-refractivity contribution < 1.29 is 13.2 Å². The largest absolute Gasteiger partial charge is 0.376 e. The molecule has 0 aliphatic heterocycles. The average Bonchev–Trinajstić information content (AvgIpc) is 2.63. The third kappa shape index (κ3) is 4.02. The van der Waals surface area contributed by atoms with Gasteiger partial charge < -0.3 is 10.2 Å². The van der Waals surface area contributed by atoms with Crippen LogP contribution in [0.1, 0.15) is 0 Å². The highest BCUT2D eigenvalue weighted by Gasteiger charge is 2.15. The molecule has 3 N–H and O–H groups in total. The minimum atomic E-state index is -3.93. The summed E-state index contributed by atoms with van der Waals surface area (Å²) in [5.41, 5.74) is 1.06. The number of nitrogens with zero attached hydrogens (tertiary/aromatic N) is 3. The van der Waals surface area contributed by atoms with Gasteiger partial charge in [-0.1, -0.05) is 12.1 Å². The lowest BCUT2D eigenvalue weighted by molar-refractivity contribution is -0.116. The van der Waals surface area contributed by atoms with Crippen LogP contribution >= 0.6 is 0 Å². The van der Waals surface area contributed by atoms with Crippen LogP contribution in [0, 0.1) is 0 Å². The van der Waals surface area contributed by atoms with Crippen molar-refractivity contribution in [3.8, 4) is 0 Å². The van der Waals surface area contributed by atoms with Crippen LogP contribution in [0.4, 0.5) is 11.4 Å². The van der Waals surface area contributed by atoms with E-state index in [1.165, 1.54) is 23.0 Å². The Morgan fingerprint density at radius 3 is 2.61 bits per heavy atom. The van der Waals surface area contributed by atoms with Crippen molar-refractivity contribution in [3.05, 3.63) is 59.1 Å². The van der Waals surface area contributed by atoms with Gasteiger partial charge >= 0.3 is 0 Å². The first kappa shape index (κ1) is 19.5. The molecule has 146 valence electrons. The third-order valence-corrected chi connectivity index (χ3v) is 5.01. The molecule has 2 aromatic carbocycles.